The Kier molecular flexibility index (Phi) is 2.86. The second-order valence-electron chi connectivity index (χ2n) is 4.72. The molecular formula is C12H20N2. The minimum absolute atomic E-state index is 0.324. The van der Waals surface area contributed by atoms with Crippen LogP contribution in [0.5, 0.6) is 0 Å². The molecule has 0 aliphatic heterocycles. The molecule has 4 N–H and O–H groups in total. The molecule has 0 aromatic heterocycles. The van der Waals surface area contributed by atoms with Gasteiger partial charge < -0.3 is 11.5 Å². The Balaban J connectivity index is 3.30. The van der Waals surface area contributed by atoms with Gasteiger partial charge in [-0.1, -0.05) is 19.9 Å². The highest BCUT2D eigenvalue weighted by Crippen LogP contribution is 2.28. The Bertz CT molecular complexity index is 322. The van der Waals surface area contributed by atoms with E-state index in [-0.39, 0.29) is 5.54 Å². The molecular weight excluding hydrogens is 172 g/mol. The van der Waals surface area contributed by atoms with Crippen LogP contribution < -0.4 is 11.5 Å². The largest absolute Gasteiger partial charge is 0.399 e. The SMILES string of the molecule is CC(C)c1ccc(N)cc1C(C)(C)N. The molecule has 1 rings (SSSR count). The third-order valence-corrected chi connectivity index (χ3v) is 2.39. The lowest BCUT2D eigenvalue weighted by Gasteiger charge is -2.25. The van der Waals surface area contributed by atoms with Crippen molar-refractivity contribution >= 4 is 5.69 Å². The van der Waals surface area contributed by atoms with E-state index < -0.39 is 0 Å². The van der Waals surface area contributed by atoms with Crippen molar-refractivity contribution in [3.63, 3.8) is 0 Å². The molecule has 2 nitrogen and oxygen atoms in total. The maximum absolute atomic E-state index is 6.11. The first-order valence-corrected chi connectivity index (χ1v) is 5.01. The Hall–Kier alpha value is -1.02. The Morgan fingerprint density at radius 3 is 2.21 bits per heavy atom. The van der Waals surface area contributed by atoms with Crippen molar-refractivity contribution in [1.82, 2.24) is 0 Å². The average Bonchev–Trinajstić information content (AvgIpc) is 2.01. The van der Waals surface area contributed by atoms with Gasteiger partial charge in [-0.15, -0.1) is 0 Å². The van der Waals surface area contributed by atoms with Crippen LogP contribution >= 0.6 is 0 Å². The van der Waals surface area contributed by atoms with Crippen molar-refractivity contribution in [1.29, 1.82) is 0 Å². The molecule has 0 fully saturated rings. The summed E-state index contributed by atoms with van der Waals surface area (Å²) in [5.41, 5.74) is 14.8. The van der Waals surface area contributed by atoms with E-state index >= 15 is 0 Å². The fourth-order valence-corrected chi connectivity index (χ4v) is 1.64. The molecule has 14 heavy (non-hydrogen) atoms. The fourth-order valence-electron chi connectivity index (χ4n) is 1.64. The standard InChI is InChI=1S/C12H20N2/c1-8(2)10-6-5-9(13)7-11(10)12(3,4)14/h5-8H,13-14H2,1-4H3. The van der Waals surface area contributed by atoms with E-state index in [0.717, 1.165) is 11.3 Å². The maximum atomic E-state index is 6.11. The van der Waals surface area contributed by atoms with E-state index in [1.54, 1.807) is 0 Å². The number of hydrogen-bond acceptors (Lipinski definition) is 2. The zero-order valence-electron chi connectivity index (χ0n) is 9.46. The van der Waals surface area contributed by atoms with Crippen LogP contribution in [0.1, 0.15) is 44.7 Å². The van der Waals surface area contributed by atoms with Crippen LogP contribution in [0.2, 0.25) is 0 Å². The molecule has 0 unspecified atom stereocenters. The topological polar surface area (TPSA) is 52.0 Å². The predicted molar refractivity (Wildman–Crippen MR) is 62.2 cm³/mol. The van der Waals surface area contributed by atoms with Crippen molar-refractivity contribution in [2.45, 2.75) is 39.2 Å². The lowest BCUT2D eigenvalue weighted by atomic mass is 9.86. The molecule has 0 atom stereocenters. The zero-order chi connectivity index (χ0) is 10.9. The molecule has 0 aliphatic carbocycles. The maximum Gasteiger partial charge on any atom is 0.0356 e. The molecule has 0 saturated heterocycles. The molecule has 0 heterocycles. The molecule has 0 bridgehead atoms. The van der Waals surface area contributed by atoms with Gasteiger partial charge in [-0.05, 0) is 43.0 Å². The van der Waals surface area contributed by atoms with Crippen LogP contribution in [0.15, 0.2) is 18.2 Å². The second-order valence-corrected chi connectivity index (χ2v) is 4.72. The molecule has 2 heteroatoms. The minimum atomic E-state index is -0.324. The van der Waals surface area contributed by atoms with Crippen LogP contribution in [0.4, 0.5) is 5.69 Å². The molecule has 0 aliphatic rings. The first-order chi connectivity index (χ1) is 6.32. The van der Waals surface area contributed by atoms with E-state index in [1.165, 1.54) is 5.56 Å². The average molecular weight is 192 g/mol. The van der Waals surface area contributed by atoms with Crippen molar-refractivity contribution in [3.8, 4) is 0 Å². The summed E-state index contributed by atoms with van der Waals surface area (Å²) in [4.78, 5) is 0. The van der Waals surface area contributed by atoms with Crippen molar-refractivity contribution in [3.05, 3.63) is 29.3 Å². The van der Waals surface area contributed by atoms with Crippen molar-refractivity contribution in [2.24, 2.45) is 5.73 Å². The van der Waals surface area contributed by atoms with E-state index in [9.17, 15) is 0 Å². The Morgan fingerprint density at radius 2 is 1.79 bits per heavy atom. The molecule has 0 amide bonds. The highest BCUT2D eigenvalue weighted by atomic mass is 14.7. The summed E-state index contributed by atoms with van der Waals surface area (Å²) in [6.45, 7) is 8.35. The van der Waals surface area contributed by atoms with Gasteiger partial charge in [0.2, 0.25) is 0 Å². The lowest BCUT2D eigenvalue weighted by Crippen LogP contribution is -2.30. The quantitative estimate of drug-likeness (QED) is 0.708. The van der Waals surface area contributed by atoms with Gasteiger partial charge >= 0.3 is 0 Å². The van der Waals surface area contributed by atoms with E-state index in [0.29, 0.717) is 5.92 Å². The third kappa shape index (κ3) is 2.26. The van der Waals surface area contributed by atoms with Crippen LogP contribution in [-0.4, -0.2) is 0 Å². The van der Waals surface area contributed by atoms with Gasteiger partial charge in [0.25, 0.3) is 0 Å². The van der Waals surface area contributed by atoms with E-state index in [4.69, 9.17) is 11.5 Å². The predicted octanol–water partition coefficient (Wildman–Crippen LogP) is 2.59. The van der Waals surface area contributed by atoms with Gasteiger partial charge in [-0.2, -0.15) is 0 Å². The summed E-state index contributed by atoms with van der Waals surface area (Å²) >= 11 is 0. The molecule has 0 radical (unpaired) electrons. The van der Waals surface area contributed by atoms with Gasteiger partial charge in [0, 0.05) is 11.2 Å². The first-order valence-electron chi connectivity index (χ1n) is 5.01. The summed E-state index contributed by atoms with van der Waals surface area (Å²) in [5.74, 6) is 0.480. The van der Waals surface area contributed by atoms with Crippen molar-refractivity contribution in [2.75, 3.05) is 5.73 Å². The van der Waals surface area contributed by atoms with Gasteiger partial charge in [0.1, 0.15) is 0 Å². The molecule has 0 spiro atoms. The first kappa shape index (κ1) is 11.1. The van der Waals surface area contributed by atoms with Crippen molar-refractivity contribution < 1.29 is 0 Å². The van der Waals surface area contributed by atoms with Gasteiger partial charge in [0.05, 0.1) is 0 Å². The summed E-state index contributed by atoms with van der Waals surface area (Å²) in [5, 5.41) is 0. The molecule has 78 valence electrons. The number of benzene rings is 1. The fraction of sp³-hybridized carbons (Fsp3) is 0.500. The summed E-state index contributed by atoms with van der Waals surface area (Å²) in [6.07, 6.45) is 0. The zero-order valence-corrected chi connectivity index (χ0v) is 9.46. The monoisotopic (exact) mass is 192 g/mol. The summed E-state index contributed by atoms with van der Waals surface area (Å²) in [7, 11) is 0. The number of anilines is 1. The Labute approximate surface area is 86.3 Å². The van der Waals surface area contributed by atoms with Crippen LogP contribution in [-0.2, 0) is 5.54 Å². The van der Waals surface area contributed by atoms with Crippen LogP contribution in [0.3, 0.4) is 0 Å². The van der Waals surface area contributed by atoms with Crippen LogP contribution in [0.25, 0.3) is 0 Å². The highest BCUT2D eigenvalue weighted by molar-refractivity contribution is 5.48. The van der Waals surface area contributed by atoms with E-state index in [1.807, 2.05) is 26.0 Å². The summed E-state index contributed by atoms with van der Waals surface area (Å²) < 4.78 is 0. The molecule has 1 aromatic rings. The normalized spacial score (nSPS) is 12.1. The Morgan fingerprint density at radius 1 is 1.21 bits per heavy atom. The lowest BCUT2D eigenvalue weighted by molar-refractivity contribution is 0.544. The van der Waals surface area contributed by atoms with E-state index in [2.05, 4.69) is 19.9 Å². The number of rotatable bonds is 2. The summed E-state index contributed by atoms with van der Waals surface area (Å²) in [6, 6.07) is 5.99. The third-order valence-electron chi connectivity index (χ3n) is 2.39. The second kappa shape index (κ2) is 3.62. The number of nitrogens with two attached hydrogens (primary N) is 2. The molecule has 1 aromatic carbocycles. The smallest absolute Gasteiger partial charge is 0.0356 e. The number of hydrogen-bond donors (Lipinski definition) is 2. The van der Waals surface area contributed by atoms with Gasteiger partial charge in [-0.25, -0.2) is 0 Å². The van der Waals surface area contributed by atoms with Gasteiger partial charge in [0.15, 0.2) is 0 Å². The van der Waals surface area contributed by atoms with Crippen LogP contribution in [0, 0.1) is 0 Å². The molecule has 0 saturated carbocycles. The van der Waals surface area contributed by atoms with Gasteiger partial charge in [-0.3, -0.25) is 0 Å². The number of nitrogen functional groups attached to an aromatic ring is 1. The highest BCUT2D eigenvalue weighted by Gasteiger charge is 2.19. The minimum Gasteiger partial charge on any atom is -0.399 e.